The molecule has 112 valence electrons. The molecule has 0 aromatic heterocycles. The van der Waals surface area contributed by atoms with Crippen LogP contribution < -0.4 is 21.3 Å². The van der Waals surface area contributed by atoms with Crippen molar-refractivity contribution in [3.63, 3.8) is 0 Å². The maximum atomic E-state index is 5.93. The van der Waals surface area contributed by atoms with Gasteiger partial charge < -0.3 is 10.5 Å². The zero-order chi connectivity index (χ0) is 14.9. The normalized spacial score (nSPS) is 26.8. The fourth-order valence-electron chi connectivity index (χ4n) is 2.90. The van der Waals surface area contributed by atoms with Gasteiger partial charge in [-0.1, -0.05) is 26.8 Å². The summed E-state index contributed by atoms with van der Waals surface area (Å²) in [5, 5.41) is 0. The minimum atomic E-state index is 0.0528. The van der Waals surface area contributed by atoms with Gasteiger partial charge in [-0.05, 0) is 42.1 Å². The third-order valence-electron chi connectivity index (χ3n) is 4.20. The van der Waals surface area contributed by atoms with Gasteiger partial charge in [-0.15, -0.1) is 0 Å². The maximum absolute atomic E-state index is 5.93. The highest BCUT2D eigenvalue weighted by atomic mass is 16.5. The molecule has 0 spiro atoms. The molecule has 0 bridgehead atoms. The van der Waals surface area contributed by atoms with Crippen LogP contribution >= 0.6 is 0 Å². The van der Waals surface area contributed by atoms with Crippen LogP contribution in [-0.4, -0.2) is 19.7 Å². The molecular formula is C16H27N3O. The van der Waals surface area contributed by atoms with E-state index in [2.05, 4.69) is 56.7 Å². The second-order valence-corrected chi connectivity index (χ2v) is 6.66. The van der Waals surface area contributed by atoms with E-state index in [1.54, 1.807) is 7.11 Å². The summed E-state index contributed by atoms with van der Waals surface area (Å²) in [4.78, 5) is 0. The molecule has 1 fully saturated rings. The van der Waals surface area contributed by atoms with Crippen LogP contribution in [0.5, 0.6) is 5.75 Å². The molecule has 4 nitrogen and oxygen atoms in total. The Morgan fingerprint density at radius 2 is 1.95 bits per heavy atom. The van der Waals surface area contributed by atoms with Crippen LogP contribution in [-0.2, 0) is 5.41 Å². The molecule has 1 aliphatic rings. The van der Waals surface area contributed by atoms with E-state index in [1.807, 2.05) is 0 Å². The van der Waals surface area contributed by atoms with E-state index in [1.165, 1.54) is 11.1 Å². The minimum Gasteiger partial charge on any atom is -0.496 e. The van der Waals surface area contributed by atoms with Crippen LogP contribution in [0, 0.1) is 5.92 Å². The third-order valence-corrected chi connectivity index (χ3v) is 4.20. The zero-order valence-electron chi connectivity index (χ0n) is 13.2. The summed E-state index contributed by atoms with van der Waals surface area (Å²) in [6.07, 6.45) is 0. The molecule has 3 atom stereocenters. The predicted molar refractivity (Wildman–Crippen MR) is 82.7 cm³/mol. The van der Waals surface area contributed by atoms with Gasteiger partial charge in [-0.2, -0.15) is 0 Å². The van der Waals surface area contributed by atoms with Gasteiger partial charge in [0.25, 0.3) is 0 Å². The van der Waals surface area contributed by atoms with Crippen molar-refractivity contribution >= 4 is 0 Å². The lowest BCUT2D eigenvalue weighted by molar-refractivity contribution is 0.395. The monoisotopic (exact) mass is 277 g/mol. The summed E-state index contributed by atoms with van der Waals surface area (Å²) in [6.45, 7) is 9.45. The highest BCUT2D eigenvalue weighted by Crippen LogP contribution is 2.36. The molecule has 4 N–H and O–H groups in total. The highest BCUT2D eigenvalue weighted by molar-refractivity contribution is 5.43. The van der Waals surface area contributed by atoms with Gasteiger partial charge in [0.1, 0.15) is 5.75 Å². The summed E-state index contributed by atoms with van der Waals surface area (Å²) in [5.74, 6) is 1.35. The molecule has 1 heterocycles. The van der Waals surface area contributed by atoms with Crippen LogP contribution in [0.2, 0.25) is 0 Å². The average molecular weight is 277 g/mol. The van der Waals surface area contributed by atoms with Gasteiger partial charge in [0, 0.05) is 12.0 Å². The number of benzene rings is 1. The van der Waals surface area contributed by atoms with Gasteiger partial charge in [0.2, 0.25) is 0 Å². The summed E-state index contributed by atoms with van der Waals surface area (Å²) >= 11 is 0. The number of hydrogen-bond acceptors (Lipinski definition) is 4. The Hall–Kier alpha value is -1.10. The van der Waals surface area contributed by atoms with E-state index in [9.17, 15) is 0 Å². The summed E-state index contributed by atoms with van der Waals surface area (Å²) in [5.41, 5.74) is 15.1. The molecule has 2 rings (SSSR count). The van der Waals surface area contributed by atoms with E-state index in [4.69, 9.17) is 10.5 Å². The van der Waals surface area contributed by atoms with E-state index < -0.39 is 0 Å². The third kappa shape index (κ3) is 2.82. The first kappa shape index (κ1) is 15.3. The Labute approximate surface area is 122 Å². The van der Waals surface area contributed by atoms with E-state index in [0.29, 0.717) is 18.5 Å². The van der Waals surface area contributed by atoms with Gasteiger partial charge in [-0.25, -0.2) is 5.43 Å². The van der Waals surface area contributed by atoms with Crippen LogP contribution in [0.1, 0.15) is 44.9 Å². The molecule has 1 saturated heterocycles. The largest absolute Gasteiger partial charge is 0.496 e. The van der Waals surface area contributed by atoms with Crippen LogP contribution in [0.25, 0.3) is 0 Å². The van der Waals surface area contributed by atoms with Crippen LogP contribution in [0.4, 0.5) is 0 Å². The van der Waals surface area contributed by atoms with E-state index in [0.717, 1.165) is 5.75 Å². The van der Waals surface area contributed by atoms with Crippen molar-refractivity contribution in [2.24, 2.45) is 11.7 Å². The van der Waals surface area contributed by atoms with Crippen LogP contribution in [0.3, 0.4) is 0 Å². The van der Waals surface area contributed by atoms with E-state index >= 15 is 0 Å². The molecule has 0 radical (unpaired) electrons. The minimum absolute atomic E-state index is 0.0528. The van der Waals surface area contributed by atoms with Crippen molar-refractivity contribution in [2.45, 2.75) is 45.2 Å². The van der Waals surface area contributed by atoms with Gasteiger partial charge in [0.15, 0.2) is 0 Å². The first-order chi connectivity index (χ1) is 9.38. The van der Waals surface area contributed by atoms with Crippen molar-refractivity contribution in [1.82, 2.24) is 10.9 Å². The molecule has 0 saturated carbocycles. The zero-order valence-corrected chi connectivity index (χ0v) is 13.2. The number of rotatable bonds is 3. The van der Waals surface area contributed by atoms with Crippen molar-refractivity contribution < 1.29 is 4.74 Å². The quantitative estimate of drug-likeness (QED) is 0.792. The lowest BCUT2D eigenvalue weighted by atomic mass is 9.82. The summed E-state index contributed by atoms with van der Waals surface area (Å²) < 4.78 is 5.50. The Balaban J connectivity index is 2.39. The smallest absolute Gasteiger partial charge is 0.122 e. The number of ether oxygens (including phenoxy) is 1. The van der Waals surface area contributed by atoms with Gasteiger partial charge in [-0.3, -0.25) is 5.43 Å². The lowest BCUT2D eigenvalue weighted by Crippen LogP contribution is -2.30. The fraction of sp³-hybridized carbons (Fsp3) is 0.625. The van der Waals surface area contributed by atoms with Gasteiger partial charge >= 0.3 is 0 Å². The van der Waals surface area contributed by atoms with Crippen molar-refractivity contribution in [1.29, 1.82) is 0 Å². The number of hydrogen-bond donors (Lipinski definition) is 3. The van der Waals surface area contributed by atoms with Crippen molar-refractivity contribution in [2.75, 3.05) is 13.7 Å². The lowest BCUT2D eigenvalue weighted by Gasteiger charge is -2.25. The second-order valence-electron chi connectivity index (χ2n) is 6.66. The summed E-state index contributed by atoms with van der Waals surface area (Å²) in [7, 11) is 1.73. The summed E-state index contributed by atoms with van der Waals surface area (Å²) in [6, 6.07) is 7.08. The molecular weight excluding hydrogens is 250 g/mol. The molecule has 1 aromatic carbocycles. The number of hydrazine groups is 1. The van der Waals surface area contributed by atoms with Crippen molar-refractivity contribution in [3.8, 4) is 5.75 Å². The molecule has 0 amide bonds. The second kappa shape index (κ2) is 5.72. The van der Waals surface area contributed by atoms with Gasteiger partial charge in [0.05, 0.1) is 13.2 Å². The highest BCUT2D eigenvalue weighted by Gasteiger charge is 2.33. The maximum Gasteiger partial charge on any atom is 0.122 e. The molecule has 1 aromatic rings. The Morgan fingerprint density at radius 3 is 2.50 bits per heavy atom. The molecule has 4 heteroatoms. The van der Waals surface area contributed by atoms with E-state index in [-0.39, 0.29) is 11.5 Å². The SMILES string of the molecule is COc1ccc(C2NNC(C)C2CN)cc1C(C)(C)C. The molecule has 3 unspecified atom stereocenters. The van der Waals surface area contributed by atoms with Crippen LogP contribution in [0.15, 0.2) is 18.2 Å². The molecule has 0 aliphatic carbocycles. The average Bonchev–Trinajstić information content (AvgIpc) is 2.78. The number of nitrogens with one attached hydrogen (secondary N) is 2. The topological polar surface area (TPSA) is 59.3 Å². The number of nitrogens with two attached hydrogens (primary N) is 1. The fourth-order valence-corrected chi connectivity index (χ4v) is 2.90. The number of methoxy groups -OCH3 is 1. The van der Waals surface area contributed by atoms with Crippen molar-refractivity contribution in [3.05, 3.63) is 29.3 Å². The Morgan fingerprint density at radius 1 is 1.25 bits per heavy atom. The Kier molecular flexibility index (Phi) is 4.37. The standard InChI is InChI=1S/C16H27N3O/c1-10-12(9-17)15(19-18-10)11-6-7-14(20-5)13(8-11)16(2,3)4/h6-8,10,12,15,18-19H,9,17H2,1-5H3. The predicted octanol–water partition coefficient (Wildman–Crippen LogP) is 2.11. The molecule has 20 heavy (non-hydrogen) atoms. The Bertz CT molecular complexity index is 467. The first-order valence-corrected chi connectivity index (χ1v) is 7.28. The molecule has 1 aliphatic heterocycles. The first-order valence-electron chi connectivity index (χ1n) is 7.28.